The van der Waals surface area contributed by atoms with Crippen LogP contribution < -0.4 is 10.5 Å². The molecule has 2 N–H and O–H groups in total. The van der Waals surface area contributed by atoms with Gasteiger partial charge in [0.2, 0.25) is 0 Å². The Balaban J connectivity index is 2.12. The fraction of sp³-hybridized carbons (Fsp3) is 0.188. The number of anilines is 1. The zero-order valence-corrected chi connectivity index (χ0v) is 12.4. The van der Waals surface area contributed by atoms with Gasteiger partial charge >= 0.3 is 5.97 Å². The van der Waals surface area contributed by atoms with E-state index in [9.17, 15) is 4.79 Å². The van der Waals surface area contributed by atoms with Crippen LogP contribution in [0.1, 0.15) is 22.8 Å². The van der Waals surface area contributed by atoms with E-state index in [1.54, 1.807) is 31.2 Å². The quantitative estimate of drug-likeness (QED) is 0.676. The summed E-state index contributed by atoms with van der Waals surface area (Å²) in [6, 6.07) is 12.2. The average Bonchev–Trinajstić information content (AvgIpc) is 2.46. The van der Waals surface area contributed by atoms with Crippen molar-refractivity contribution in [2.24, 2.45) is 0 Å². The van der Waals surface area contributed by atoms with Gasteiger partial charge in [0, 0.05) is 5.02 Å². The lowest BCUT2D eigenvalue weighted by atomic mass is 10.2. The molecule has 110 valence electrons. The van der Waals surface area contributed by atoms with Crippen LogP contribution in [-0.2, 0) is 11.3 Å². The Morgan fingerprint density at radius 3 is 2.76 bits per heavy atom. The SMILES string of the molecule is CCOC(=O)c1ccc(N)c(OCc2cccc(Cl)c2)c1. The zero-order valence-electron chi connectivity index (χ0n) is 11.6. The van der Waals surface area contributed by atoms with Crippen LogP contribution in [0.2, 0.25) is 5.02 Å². The van der Waals surface area contributed by atoms with Crippen LogP contribution in [0, 0.1) is 0 Å². The number of rotatable bonds is 5. The van der Waals surface area contributed by atoms with E-state index < -0.39 is 5.97 Å². The van der Waals surface area contributed by atoms with Crippen LogP contribution in [-0.4, -0.2) is 12.6 Å². The van der Waals surface area contributed by atoms with Crippen molar-refractivity contribution in [3.63, 3.8) is 0 Å². The van der Waals surface area contributed by atoms with E-state index in [-0.39, 0.29) is 0 Å². The maximum absolute atomic E-state index is 11.7. The van der Waals surface area contributed by atoms with Crippen molar-refractivity contribution < 1.29 is 14.3 Å². The van der Waals surface area contributed by atoms with E-state index in [4.69, 9.17) is 26.8 Å². The van der Waals surface area contributed by atoms with Gasteiger partial charge in [-0.3, -0.25) is 0 Å². The first-order valence-corrected chi connectivity index (χ1v) is 6.92. The molecule has 0 aliphatic rings. The zero-order chi connectivity index (χ0) is 15.2. The molecule has 0 amide bonds. The number of nitrogens with two attached hydrogens (primary N) is 1. The smallest absolute Gasteiger partial charge is 0.338 e. The molecule has 5 heteroatoms. The highest BCUT2D eigenvalue weighted by molar-refractivity contribution is 6.30. The largest absolute Gasteiger partial charge is 0.487 e. The maximum atomic E-state index is 11.7. The van der Waals surface area contributed by atoms with Crippen LogP contribution in [0.4, 0.5) is 5.69 Å². The summed E-state index contributed by atoms with van der Waals surface area (Å²) in [7, 11) is 0. The molecule has 0 radical (unpaired) electrons. The number of carbonyl (C=O) groups is 1. The number of esters is 1. The molecular formula is C16H16ClNO3. The van der Waals surface area contributed by atoms with E-state index in [1.165, 1.54) is 0 Å². The van der Waals surface area contributed by atoms with Crippen LogP contribution in [0.15, 0.2) is 42.5 Å². The molecule has 0 bridgehead atoms. The molecule has 0 saturated heterocycles. The van der Waals surface area contributed by atoms with Crippen molar-refractivity contribution in [1.29, 1.82) is 0 Å². The van der Waals surface area contributed by atoms with Gasteiger partial charge in [0.15, 0.2) is 0 Å². The molecule has 0 fully saturated rings. The maximum Gasteiger partial charge on any atom is 0.338 e. The van der Waals surface area contributed by atoms with E-state index in [2.05, 4.69) is 0 Å². The molecule has 0 unspecified atom stereocenters. The standard InChI is InChI=1S/C16H16ClNO3/c1-2-20-16(19)12-6-7-14(18)15(9-12)21-10-11-4-3-5-13(17)8-11/h3-9H,2,10,18H2,1H3. The number of benzene rings is 2. The lowest BCUT2D eigenvalue weighted by Gasteiger charge is -2.11. The second kappa shape index (κ2) is 6.99. The fourth-order valence-electron chi connectivity index (χ4n) is 1.79. The summed E-state index contributed by atoms with van der Waals surface area (Å²) >= 11 is 5.92. The molecule has 2 aromatic rings. The molecule has 0 aliphatic carbocycles. The first-order valence-electron chi connectivity index (χ1n) is 6.54. The van der Waals surface area contributed by atoms with Gasteiger partial charge in [0.1, 0.15) is 12.4 Å². The monoisotopic (exact) mass is 305 g/mol. The molecule has 4 nitrogen and oxygen atoms in total. The van der Waals surface area contributed by atoms with Gasteiger partial charge in [-0.1, -0.05) is 23.7 Å². The van der Waals surface area contributed by atoms with Crippen LogP contribution in [0.25, 0.3) is 0 Å². The molecule has 2 aromatic carbocycles. The molecule has 0 aliphatic heterocycles. The fourth-order valence-corrected chi connectivity index (χ4v) is 2.00. The van der Waals surface area contributed by atoms with Gasteiger partial charge in [-0.2, -0.15) is 0 Å². The second-order valence-corrected chi connectivity index (χ2v) is 4.83. The van der Waals surface area contributed by atoms with Crippen molar-refractivity contribution in [3.05, 3.63) is 58.6 Å². The second-order valence-electron chi connectivity index (χ2n) is 4.39. The number of nitrogen functional groups attached to an aromatic ring is 1. The third-order valence-corrected chi connectivity index (χ3v) is 3.04. The Morgan fingerprint density at radius 1 is 1.24 bits per heavy atom. The molecule has 2 rings (SSSR count). The predicted molar refractivity (Wildman–Crippen MR) is 82.6 cm³/mol. The van der Waals surface area contributed by atoms with Crippen LogP contribution in [0.3, 0.4) is 0 Å². The van der Waals surface area contributed by atoms with E-state index in [0.717, 1.165) is 5.56 Å². The minimum atomic E-state index is -0.398. The molecule has 0 atom stereocenters. The molecule has 0 aromatic heterocycles. The average molecular weight is 306 g/mol. The number of halogens is 1. The molecular weight excluding hydrogens is 290 g/mol. The van der Waals surface area contributed by atoms with Gasteiger partial charge in [-0.15, -0.1) is 0 Å². The molecule has 0 heterocycles. The van der Waals surface area contributed by atoms with Gasteiger partial charge in [-0.05, 0) is 42.8 Å². The molecule has 0 saturated carbocycles. The van der Waals surface area contributed by atoms with Crippen molar-refractivity contribution in [2.75, 3.05) is 12.3 Å². The Labute approximate surface area is 128 Å². The van der Waals surface area contributed by atoms with Crippen LogP contribution in [0.5, 0.6) is 5.75 Å². The topological polar surface area (TPSA) is 61.5 Å². The Hall–Kier alpha value is -2.20. The van der Waals surface area contributed by atoms with E-state index in [0.29, 0.717) is 35.2 Å². The van der Waals surface area contributed by atoms with Gasteiger partial charge < -0.3 is 15.2 Å². The van der Waals surface area contributed by atoms with Crippen molar-refractivity contribution in [3.8, 4) is 5.75 Å². The third-order valence-electron chi connectivity index (χ3n) is 2.81. The summed E-state index contributed by atoms with van der Waals surface area (Å²) in [6.45, 7) is 2.39. The predicted octanol–water partition coefficient (Wildman–Crippen LogP) is 3.68. The number of hydrogen-bond donors (Lipinski definition) is 1. The Kier molecular flexibility index (Phi) is 5.06. The lowest BCUT2D eigenvalue weighted by molar-refractivity contribution is 0.0526. The number of hydrogen-bond acceptors (Lipinski definition) is 4. The Bertz CT molecular complexity index is 643. The highest BCUT2D eigenvalue weighted by Crippen LogP contribution is 2.24. The van der Waals surface area contributed by atoms with Crippen molar-refractivity contribution >= 4 is 23.3 Å². The van der Waals surface area contributed by atoms with E-state index in [1.807, 2.05) is 18.2 Å². The molecule has 21 heavy (non-hydrogen) atoms. The van der Waals surface area contributed by atoms with Gasteiger partial charge in [0.05, 0.1) is 17.9 Å². The first kappa shape index (κ1) is 15.2. The van der Waals surface area contributed by atoms with Crippen LogP contribution >= 0.6 is 11.6 Å². The van der Waals surface area contributed by atoms with Gasteiger partial charge in [0.25, 0.3) is 0 Å². The van der Waals surface area contributed by atoms with Crippen molar-refractivity contribution in [2.45, 2.75) is 13.5 Å². The summed E-state index contributed by atoms with van der Waals surface area (Å²) < 4.78 is 10.6. The third kappa shape index (κ3) is 4.13. The van der Waals surface area contributed by atoms with Gasteiger partial charge in [-0.25, -0.2) is 4.79 Å². The minimum absolute atomic E-state index is 0.317. The number of carbonyl (C=O) groups excluding carboxylic acids is 1. The first-order chi connectivity index (χ1) is 10.1. The highest BCUT2D eigenvalue weighted by Gasteiger charge is 2.10. The lowest BCUT2D eigenvalue weighted by Crippen LogP contribution is -2.06. The summed E-state index contributed by atoms with van der Waals surface area (Å²) in [6.07, 6.45) is 0. The van der Waals surface area contributed by atoms with E-state index >= 15 is 0 Å². The van der Waals surface area contributed by atoms with Crippen molar-refractivity contribution in [1.82, 2.24) is 0 Å². The minimum Gasteiger partial charge on any atom is -0.487 e. The summed E-state index contributed by atoms with van der Waals surface area (Å²) in [5.74, 6) is 0.0469. The highest BCUT2D eigenvalue weighted by atomic mass is 35.5. The normalized spacial score (nSPS) is 10.2. The summed E-state index contributed by atoms with van der Waals surface area (Å²) in [5.41, 5.74) is 7.65. The summed E-state index contributed by atoms with van der Waals surface area (Å²) in [5, 5.41) is 0.643. The number of ether oxygens (including phenoxy) is 2. The summed E-state index contributed by atoms with van der Waals surface area (Å²) in [4.78, 5) is 11.7. The Morgan fingerprint density at radius 2 is 2.05 bits per heavy atom. The molecule has 0 spiro atoms.